The summed E-state index contributed by atoms with van der Waals surface area (Å²) in [6.45, 7) is 8.43. The average molecular weight is 252 g/mol. The van der Waals surface area contributed by atoms with Gasteiger partial charge in [-0.1, -0.05) is 19.1 Å². The lowest BCUT2D eigenvalue weighted by atomic mass is 9.96. The number of rotatable bonds is 5. The molecule has 0 bridgehead atoms. The normalized spacial score (nSPS) is 13.5. The number of halogens is 1. The first-order valence-electron chi connectivity index (χ1n) is 6.54. The van der Waals surface area contributed by atoms with Crippen LogP contribution in [0.15, 0.2) is 18.2 Å². The van der Waals surface area contributed by atoms with Crippen LogP contribution >= 0.6 is 0 Å². The summed E-state index contributed by atoms with van der Waals surface area (Å²) in [5.74, 6) is -0.154. The second kappa shape index (κ2) is 5.70. The van der Waals surface area contributed by atoms with Crippen LogP contribution in [-0.2, 0) is 0 Å². The Hall–Kier alpha value is -1.09. The van der Waals surface area contributed by atoms with E-state index < -0.39 is 0 Å². The van der Waals surface area contributed by atoms with Crippen molar-refractivity contribution in [2.45, 2.75) is 45.7 Å². The van der Waals surface area contributed by atoms with Gasteiger partial charge in [0.2, 0.25) is 0 Å². The topological polar surface area (TPSA) is 15.3 Å². The summed E-state index contributed by atoms with van der Waals surface area (Å²) in [7, 11) is 3.86. The van der Waals surface area contributed by atoms with Crippen LogP contribution in [0.2, 0.25) is 0 Å². The summed E-state index contributed by atoms with van der Waals surface area (Å²) < 4.78 is 14.2. The Kier molecular flexibility index (Phi) is 4.74. The number of para-hydroxylation sites is 1. The van der Waals surface area contributed by atoms with Gasteiger partial charge in [-0.2, -0.15) is 0 Å². The summed E-state index contributed by atoms with van der Waals surface area (Å²) in [4.78, 5) is 2.05. The summed E-state index contributed by atoms with van der Waals surface area (Å²) in [6, 6.07) is 5.42. The van der Waals surface area contributed by atoms with Gasteiger partial charge < -0.3 is 10.2 Å². The summed E-state index contributed by atoms with van der Waals surface area (Å²) in [5.41, 5.74) is 1.64. The number of nitrogens with zero attached hydrogens (tertiary/aromatic N) is 1. The number of hydrogen-bond donors (Lipinski definition) is 1. The van der Waals surface area contributed by atoms with Gasteiger partial charge in [0.1, 0.15) is 5.82 Å². The van der Waals surface area contributed by atoms with Crippen LogP contribution in [0.5, 0.6) is 0 Å². The van der Waals surface area contributed by atoms with Crippen LogP contribution in [0, 0.1) is 5.82 Å². The molecule has 0 saturated heterocycles. The zero-order valence-corrected chi connectivity index (χ0v) is 12.3. The van der Waals surface area contributed by atoms with E-state index in [1.165, 1.54) is 6.07 Å². The maximum atomic E-state index is 14.2. The molecular weight excluding hydrogens is 227 g/mol. The molecule has 0 aliphatic heterocycles. The molecule has 1 rings (SSSR count). The third-order valence-corrected chi connectivity index (χ3v) is 4.03. The van der Waals surface area contributed by atoms with Crippen LogP contribution in [0.1, 0.15) is 45.7 Å². The Morgan fingerprint density at radius 3 is 2.50 bits per heavy atom. The fourth-order valence-electron chi connectivity index (χ4n) is 1.93. The van der Waals surface area contributed by atoms with Crippen molar-refractivity contribution in [3.63, 3.8) is 0 Å². The maximum absolute atomic E-state index is 14.2. The molecule has 0 amide bonds. The molecule has 1 atom stereocenters. The largest absolute Gasteiger partial charge is 0.367 e. The molecule has 1 aromatic carbocycles. The van der Waals surface area contributed by atoms with Gasteiger partial charge in [0, 0.05) is 18.6 Å². The maximum Gasteiger partial charge on any atom is 0.146 e. The predicted octanol–water partition coefficient (Wildman–Crippen LogP) is 3.73. The number of anilines is 1. The minimum Gasteiger partial charge on any atom is -0.367 e. The molecule has 102 valence electrons. The third-order valence-electron chi connectivity index (χ3n) is 4.03. The second-order valence-electron chi connectivity index (χ2n) is 5.41. The first kappa shape index (κ1) is 15.0. The molecule has 0 aromatic heterocycles. The number of nitrogens with one attached hydrogen (secondary N) is 1. The van der Waals surface area contributed by atoms with E-state index in [9.17, 15) is 4.39 Å². The minimum absolute atomic E-state index is 0.0651. The number of benzene rings is 1. The molecule has 0 aliphatic carbocycles. The van der Waals surface area contributed by atoms with Gasteiger partial charge in [-0.25, -0.2) is 4.39 Å². The SMILES string of the molecule is CCC(C)(C)N(C)c1c(F)cccc1C(C)NC. The van der Waals surface area contributed by atoms with Crippen LogP contribution < -0.4 is 10.2 Å². The summed E-state index contributed by atoms with van der Waals surface area (Å²) >= 11 is 0. The van der Waals surface area contributed by atoms with Crippen LogP contribution in [-0.4, -0.2) is 19.6 Å². The van der Waals surface area contributed by atoms with Crippen LogP contribution in [0.3, 0.4) is 0 Å². The van der Waals surface area contributed by atoms with E-state index in [1.54, 1.807) is 6.07 Å². The summed E-state index contributed by atoms with van der Waals surface area (Å²) in [6.07, 6.45) is 0.964. The highest BCUT2D eigenvalue weighted by atomic mass is 19.1. The molecule has 0 spiro atoms. The van der Waals surface area contributed by atoms with Gasteiger partial charge in [0.15, 0.2) is 0 Å². The molecule has 0 heterocycles. The van der Waals surface area contributed by atoms with E-state index in [0.717, 1.165) is 12.0 Å². The molecule has 2 nitrogen and oxygen atoms in total. The van der Waals surface area contributed by atoms with Crippen LogP contribution in [0.25, 0.3) is 0 Å². The smallest absolute Gasteiger partial charge is 0.146 e. The number of hydrogen-bond acceptors (Lipinski definition) is 2. The van der Waals surface area contributed by atoms with Crippen molar-refractivity contribution in [2.75, 3.05) is 19.0 Å². The fourth-order valence-corrected chi connectivity index (χ4v) is 1.93. The highest BCUT2D eigenvalue weighted by molar-refractivity contribution is 5.57. The molecule has 1 aromatic rings. The van der Waals surface area contributed by atoms with Crippen molar-refractivity contribution in [1.29, 1.82) is 0 Å². The summed E-state index contributed by atoms with van der Waals surface area (Å²) in [5, 5.41) is 3.18. The zero-order chi connectivity index (χ0) is 13.9. The van der Waals surface area contributed by atoms with Crippen molar-refractivity contribution in [3.05, 3.63) is 29.6 Å². The van der Waals surface area contributed by atoms with Gasteiger partial charge in [-0.15, -0.1) is 0 Å². The average Bonchev–Trinajstić information content (AvgIpc) is 2.36. The Morgan fingerprint density at radius 2 is 2.00 bits per heavy atom. The van der Waals surface area contributed by atoms with E-state index >= 15 is 0 Å². The monoisotopic (exact) mass is 252 g/mol. The Balaban J connectivity index is 3.30. The molecule has 18 heavy (non-hydrogen) atoms. The highest BCUT2D eigenvalue weighted by Gasteiger charge is 2.26. The van der Waals surface area contributed by atoms with E-state index in [2.05, 4.69) is 26.1 Å². The lowest BCUT2D eigenvalue weighted by Crippen LogP contribution is -2.42. The van der Waals surface area contributed by atoms with Gasteiger partial charge in [-0.3, -0.25) is 0 Å². The van der Waals surface area contributed by atoms with E-state index in [4.69, 9.17) is 0 Å². The van der Waals surface area contributed by atoms with E-state index in [-0.39, 0.29) is 17.4 Å². The van der Waals surface area contributed by atoms with Gasteiger partial charge in [-0.05, 0) is 45.9 Å². The molecule has 0 radical (unpaired) electrons. The molecule has 0 saturated carbocycles. The van der Waals surface area contributed by atoms with Crippen molar-refractivity contribution in [3.8, 4) is 0 Å². The minimum atomic E-state index is -0.154. The Labute approximate surface area is 110 Å². The molecular formula is C15H25FN2. The van der Waals surface area contributed by atoms with Gasteiger partial charge in [0.05, 0.1) is 5.69 Å². The van der Waals surface area contributed by atoms with E-state index in [1.807, 2.05) is 32.0 Å². The lowest BCUT2D eigenvalue weighted by molar-refractivity contribution is 0.459. The highest BCUT2D eigenvalue weighted by Crippen LogP contribution is 2.33. The fraction of sp³-hybridized carbons (Fsp3) is 0.600. The molecule has 1 unspecified atom stereocenters. The van der Waals surface area contributed by atoms with Crippen molar-refractivity contribution >= 4 is 5.69 Å². The van der Waals surface area contributed by atoms with Gasteiger partial charge in [0.25, 0.3) is 0 Å². The van der Waals surface area contributed by atoms with Crippen molar-refractivity contribution in [1.82, 2.24) is 5.32 Å². The zero-order valence-electron chi connectivity index (χ0n) is 12.3. The second-order valence-corrected chi connectivity index (χ2v) is 5.41. The Bertz CT molecular complexity index is 401. The van der Waals surface area contributed by atoms with Crippen molar-refractivity contribution in [2.24, 2.45) is 0 Å². The third kappa shape index (κ3) is 2.83. The van der Waals surface area contributed by atoms with Gasteiger partial charge >= 0.3 is 0 Å². The quantitative estimate of drug-likeness (QED) is 0.859. The van der Waals surface area contributed by atoms with Crippen molar-refractivity contribution < 1.29 is 4.39 Å². The first-order valence-corrected chi connectivity index (χ1v) is 6.54. The lowest BCUT2D eigenvalue weighted by Gasteiger charge is -2.38. The van der Waals surface area contributed by atoms with Crippen LogP contribution in [0.4, 0.5) is 10.1 Å². The van der Waals surface area contributed by atoms with E-state index in [0.29, 0.717) is 5.69 Å². The first-order chi connectivity index (χ1) is 8.35. The molecule has 1 N–H and O–H groups in total. The molecule has 3 heteroatoms. The standard InChI is InChI=1S/C15H25FN2/c1-7-15(3,4)18(6)14-12(11(2)17-5)9-8-10-13(14)16/h8-11,17H,7H2,1-6H3. The molecule has 0 fully saturated rings. The molecule has 0 aliphatic rings. The Morgan fingerprint density at radius 1 is 1.39 bits per heavy atom. The predicted molar refractivity (Wildman–Crippen MR) is 76.6 cm³/mol.